The van der Waals surface area contributed by atoms with E-state index in [-0.39, 0.29) is 17.8 Å². The maximum Gasteiger partial charge on any atom is 0.168 e. The highest BCUT2D eigenvalue weighted by Gasteiger charge is 2.43. The monoisotopic (exact) mass is 214 g/mol. The Labute approximate surface area is 91.8 Å². The van der Waals surface area contributed by atoms with Crippen LogP contribution >= 0.6 is 0 Å². The van der Waals surface area contributed by atoms with Gasteiger partial charge in [0.15, 0.2) is 5.79 Å². The summed E-state index contributed by atoms with van der Waals surface area (Å²) < 4.78 is 11.8. The van der Waals surface area contributed by atoms with E-state index in [1.54, 1.807) is 0 Å². The first-order valence-corrected chi connectivity index (χ1v) is 5.96. The Balaban J connectivity index is 1.92. The van der Waals surface area contributed by atoms with Crippen LogP contribution in [-0.2, 0) is 9.47 Å². The van der Waals surface area contributed by atoms with Crippen molar-refractivity contribution in [2.24, 2.45) is 11.3 Å². The Hall–Kier alpha value is -0.120. The summed E-state index contributed by atoms with van der Waals surface area (Å²) in [6.45, 7) is 5.67. The molecule has 0 aromatic rings. The summed E-state index contributed by atoms with van der Waals surface area (Å²) >= 11 is 0. The molecule has 1 N–H and O–H groups in total. The van der Waals surface area contributed by atoms with Crippen molar-refractivity contribution in [1.29, 1.82) is 0 Å². The second-order valence-electron chi connectivity index (χ2n) is 5.64. The topological polar surface area (TPSA) is 38.7 Å². The third-order valence-electron chi connectivity index (χ3n) is 3.79. The molecule has 3 nitrogen and oxygen atoms in total. The third kappa shape index (κ3) is 2.35. The molecule has 3 heteroatoms. The fraction of sp³-hybridized carbons (Fsp3) is 1.00. The number of hydrogen-bond acceptors (Lipinski definition) is 3. The molecule has 0 atom stereocenters. The van der Waals surface area contributed by atoms with E-state index in [4.69, 9.17) is 9.47 Å². The summed E-state index contributed by atoms with van der Waals surface area (Å²) in [5.41, 5.74) is -0.200. The number of hydrogen-bond donors (Lipinski definition) is 1. The van der Waals surface area contributed by atoms with Crippen molar-refractivity contribution in [3.63, 3.8) is 0 Å². The molecule has 15 heavy (non-hydrogen) atoms. The molecule has 1 saturated heterocycles. The van der Waals surface area contributed by atoms with Crippen LogP contribution in [0.15, 0.2) is 0 Å². The van der Waals surface area contributed by atoms with E-state index in [0.29, 0.717) is 13.2 Å². The Bertz CT molecular complexity index is 209. The zero-order chi connectivity index (χ0) is 10.9. The van der Waals surface area contributed by atoms with Crippen LogP contribution < -0.4 is 0 Å². The quantitative estimate of drug-likeness (QED) is 0.725. The van der Waals surface area contributed by atoms with Crippen molar-refractivity contribution in [3.05, 3.63) is 0 Å². The van der Waals surface area contributed by atoms with Crippen LogP contribution in [0.3, 0.4) is 0 Å². The molecule has 0 unspecified atom stereocenters. The Morgan fingerprint density at radius 1 is 1.20 bits per heavy atom. The Kier molecular flexibility index (Phi) is 3.06. The van der Waals surface area contributed by atoms with Gasteiger partial charge in [0.1, 0.15) is 0 Å². The van der Waals surface area contributed by atoms with Crippen LogP contribution in [0.25, 0.3) is 0 Å². The lowest BCUT2D eigenvalue weighted by Gasteiger charge is -2.46. The van der Waals surface area contributed by atoms with Crippen molar-refractivity contribution in [3.8, 4) is 0 Å². The molecule has 0 aromatic heterocycles. The van der Waals surface area contributed by atoms with E-state index in [1.807, 2.05) is 6.92 Å². The second-order valence-corrected chi connectivity index (χ2v) is 5.64. The molecule has 2 aliphatic rings. The van der Waals surface area contributed by atoms with Gasteiger partial charge in [0, 0.05) is 18.3 Å². The van der Waals surface area contributed by atoms with Crippen molar-refractivity contribution in [1.82, 2.24) is 0 Å². The highest BCUT2D eigenvalue weighted by atomic mass is 16.7. The minimum Gasteiger partial charge on any atom is -0.396 e. The van der Waals surface area contributed by atoms with Crippen LogP contribution in [0.4, 0.5) is 0 Å². The third-order valence-corrected chi connectivity index (χ3v) is 3.79. The van der Waals surface area contributed by atoms with Gasteiger partial charge in [-0.15, -0.1) is 0 Å². The van der Waals surface area contributed by atoms with E-state index < -0.39 is 0 Å². The molecule has 0 amide bonds. The van der Waals surface area contributed by atoms with Gasteiger partial charge in [-0.05, 0) is 18.8 Å². The summed E-state index contributed by atoms with van der Waals surface area (Å²) in [4.78, 5) is 0. The smallest absolute Gasteiger partial charge is 0.168 e. The van der Waals surface area contributed by atoms with Crippen molar-refractivity contribution in [2.75, 3.05) is 19.8 Å². The number of aliphatic hydroxyl groups is 1. The van der Waals surface area contributed by atoms with Crippen LogP contribution in [0.2, 0.25) is 0 Å². The Morgan fingerprint density at radius 2 is 1.73 bits per heavy atom. The molecule has 1 saturated carbocycles. The molecule has 88 valence electrons. The molecule has 0 aromatic carbocycles. The Morgan fingerprint density at radius 3 is 2.20 bits per heavy atom. The van der Waals surface area contributed by atoms with Crippen molar-refractivity contribution < 1.29 is 14.6 Å². The predicted molar refractivity (Wildman–Crippen MR) is 57.5 cm³/mol. The van der Waals surface area contributed by atoms with Gasteiger partial charge in [0.05, 0.1) is 19.8 Å². The average Bonchev–Trinajstić information content (AvgIpc) is 2.27. The lowest BCUT2D eigenvalue weighted by atomic mass is 9.84. The first kappa shape index (κ1) is 11.4. The van der Waals surface area contributed by atoms with Crippen LogP contribution in [0.5, 0.6) is 0 Å². The van der Waals surface area contributed by atoms with Crippen LogP contribution in [-0.4, -0.2) is 30.7 Å². The van der Waals surface area contributed by atoms with Gasteiger partial charge in [-0.2, -0.15) is 0 Å². The minimum atomic E-state index is -0.318. The fourth-order valence-corrected chi connectivity index (χ4v) is 2.28. The lowest BCUT2D eigenvalue weighted by molar-refractivity contribution is -0.318. The van der Waals surface area contributed by atoms with Crippen molar-refractivity contribution in [2.45, 2.75) is 45.3 Å². The highest BCUT2D eigenvalue weighted by molar-refractivity contribution is 4.85. The molecule has 2 fully saturated rings. The summed E-state index contributed by atoms with van der Waals surface area (Å²) in [5, 5.41) is 9.22. The van der Waals surface area contributed by atoms with Gasteiger partial charge < -0.3 is 14.6 Å². The normalized spacial score (nSPS) is 47.0. The van der Waals surface area contributed by atoms with Gasteiger partial charge in [-0.3, -0.25) is 0 Å². The largest absolute Gasteiger partial charge is 0.396 e. The molecular weight excluding hydrogens is 192 g/mol. The minimum absolute atomic E-state index is 0.138. The first-order valence-electron chi connectivity index (χ1n) is 5.96. The zero-order valence-electron chi connectivity index (χ0n) is 9.79. The summed E-state index contributed by atoms with van der Waals surface area (Å²) in [5.74, 6) is 0.482. The number of aliphatic hydroxyl groups excluding tert-OH is 1. The summed E-state index contributed by atoms with van der Waals surface area (Å²) in [6, 6.07) is 0. The van der Waals surface area contributed by atoms with E-state index >= 15 is 0 Å². The van der Waals surface area contributed by atoms with Gasteiger partial charge in [-0.1, -0.05) is 13.8 Å². The fourth-order valence-electron chi connectivity index (χ4n) is 2.28. The van der Waals surface area contributed by atoms with Crippen molar-refractivity contribution >= 4 is 0 Å². The maximum absolute atomic E-state index is 9.22. The van der Waals surface area contributed by atoms with Crippen LogP contribution in [0, 0.1) is 11.3 Å². The molecular formula is C12H22O3. The molecule has 0 bridgehead atoms. The zero-order valence-corrected chi connectivity index (χ0v) is 9.79. The lowest BCUT2D eigenvalue weighted by Crippen LogP contribution is -2.51. The standard InChI is InChI=1S/C12H22O3/c1-10-3-5-12(6-4-10)14-8-11(2,7-13)9-15-12/h10,13H,3-9H2,1-2H3. The molecule has 1 aliphatic heterocycles. The molecule has 1 heterocycles. The van der Waals surface area contributed by atoms with Gasteiger partial charge in [0.2, 0.25) is 0 Å². The molecule has 1 spiro atoms. The second kappa shape index (κ2) is 4.04. The van der Waals surface area contributed by atoms with E-state index in [0.717, 1.165) is 18.8 Å². The highest BCUT2D eigenvalue weighted by Crippen LogP contribution is 2.40. The number of rotatable bonds is 1. The van der Waals surface area contributed by atoms with E-state index in [9.17, 15) is 5.11 Å². The molecule has 1 aliphatic carbocycles. The van der Waals surface area contributed by atoms with Gasteiger partial charge in [0.25, 0.3) is 0 Å². The number of ether oxygens (including phenoxy) is 2. The van der Waals surface area contributed by atoms with Gasteiger partial charge >= 0.3 is 0 Å². The molecule has 2 rings (SSSR count). The molecule has 0 radical (unpaired) electrons. The maximum atomic E-state index is 9.22. The first-order chi connectivity index (χ1) is 7.08. The van der Waals surface area contributed by atoms with E-state index in [1.165, 1.54) is 12.8 Å². The van der Waals surface area contributed by atoms with E-state index in [2.05, 4.69) is 6.92 Å². The summed E-state index contributed by atoms with van der Waals surface area (Å²) in [7, 11) is 0. The van der Waals surface area contributed by atoms with Gasteiger partial charge in [-0.25, -0.2) is 0 Å². The van der Waals surface area contributed by atoms with Crippen LogP contribution in [0.1, 0.15) is 39.5 Å². The SMILES string of the molecule is CC1CCC2(CC1)OCC(C)(CO)CO2. The predicted octanol–water partition coefficient (Wildman–Crippen LogP) is 1.94. The average molecular weight is 214 g/mol. The summed E-state index contributed by atoms with van der Waals surface area (Å²) in [6.07, 6.45) is 4.40.